The molecule has 2 heterocycles. The summed E-state index contributed by atoms with van der Waals surface area (Å²) in [5.41, 5.74) is 23.0. The van der Waals surface area contributed by atoms with Crippen LogP contribution in [0.1, 0.15) is 22.3 Å². The minimum atomic E-state index is 0.787. The Bertz CT molecular complexity index is 3610. The average Bonchev–Trinajstić information content (AvgIpc) is 3.93. The summed E-state index contributed by atoms with van der Waals surface area (Å²) in [5, 5.41) is 17.1. The van der Waals surface area contributed by atoms with Gasteiger partial charge in [0.25, 0.3) is 0 Å². The van der Waals surface area contributed by atoms with Crippen molar-refractivity contribution < 1.29 is 0 Å². The first-order valence-electron chi connectivity index (χ1n) is 21.9. The summed E-state index contributed by atoms with van der Waals surface area (Å²) in [6.45, 7) is 4.58. The molecule has 4 heteroatoms. The van der Waals surface area contributed by atoms with E-state index in [0.29, 0.717) is 0 Å². The molecule has 0 bridgehead atoms. The fraction of sp³-hybridized carbons (Fsp3) is 0.0500. The van der Waals surface area contributed by atoms with Crippen molar-refractivity contribution in [2.24, 2.45) is 0 Å². The summed E-state index contributed by atoms with van der Waals surface area (Å²) in [4.78, 5) is 0. The number of nitrogens with zero attached hydrogens (tertiary/aromatic N) is 3. The van der Waals surface area contributed by atoms with Crippen LogP contribution in [0.2, 0.25) is 0 Å². The number of aromatic nitrogens is 3. The van der Waals surface area contributed by atoms with Gasteiger partial charge in [-0.05, 0) is 121 Å². The molecule has 0 saturated carbocycles. The summed E-state index contributed by atoms with van der Waals surface area (Å²) in [7, 11) is 0. The van der Waals surface area contributed by atoms with Gasteiger partial charge in [-0.25, -0.2) is 0 Å². The SMILES string of the molecule is Cc1cc2c(c(-c3ccc4sc5ccccc5c4c3-c3ccccc3-c3nnnc(-c4ccccc4)c3-c3ccccc3-c3ccccc3-c3ccccc3)c1C)Cc1ccccc1-2. The topological polar surface area (TPSA) is 38.7 Å². The summed E-state index contributed by atoms with van der Waals surface area (Å²) >= 11 is 1.86. The Balaban J connectivity index is 1.18. The molecule has 9 aromatic carbocycles. The molecule has 2 aromatic heterocycles. The molecule has 0 spiro atoms. The highest BCUT2D eigenvalue weighted by Gasteiger charge is 2.29. The van der Waals surface area contributed by atoms with Crippen LogP contribution in [0.15, 0.2) is 200 Å². The van der Waals surface area contributed by atoms with E-state index >= 15 is 0 Å². The van der Waals surface area contributed by atoms with Gasteiger partial charge in [-0.2, -0.15) is 0 Å². The van der Waals surface area contributed by atoms with Crippen LogP contribution in [0.4, 0.5) is 0 Å². The molecule has 0 radical (unpaired) electrons. The molecular weight excluding hydrogens is 795 g/mol. The predicted molar refractivity (Wildman–Crippen MR) is 268 cm³/mol. The van der Waals surface area contributed by atoms with Crippen LogP contribution in [-0.2, 0) is 6.42 Å². The molecule has 0 fully saturated rings. The maximum absolute atomic E-state index is 5.10. The van der Waals surface area contributed by atoms with E-state index in [1.807, 2.05) is 17.4 Å². The smallest absolute Gasteiger partial charge is 0.105 e. The fourth-order valence-electron chi connectivity index (χ4n) is 10.2. The van der Waals surface area contributed by atoms with Gasteiger partial charge in [-0.3, -0.25) is 0 Å². The van der Waals surface area contributed by atoms with Gasteiger partial charge in [0.2, 0.25) is 0 Å². The first kappa shape index (κ1) is 37.9. The normalized spacial score (nSPS) is 11.8. The van der Waals surface area contributed by atoms with Gasteiger partial charge in [0.15, 0.2) is 0 Å². The molecule has 0 amide bonds. The Kier molecular flexibility index (Phi) is 9.20. The van der Waals surface area contributed by atoms with Crippen LogP contribution in [0.25, 0.3) is 109 Å². The zero-order valence-electron chi connectivity index (χ0n) is 35.5. The Morgan fingerprint density at radius 3 is 1.70 bits per heavy atom. The van der Waals surface area contributed by atoms with Crippen LogP contribution in [0.3, 0.4) is 0 Å². The van der Waals surface area contributed by atoms with E-state index in [1.54, 1.807) is 0 Å². The molecule has 3 nitrogen and oxygen atoms in total. The summed E-state index contributed by atoms with van der Waals surface area (Å²) in [5.74, 6) is 0. The van der Waals surface area contributed by atoms with Crippen LogP contribution >= 0.6 is 11.3 Å². The van der Waals surface area contributed by atoms with E-state index in [0.717, 1.165) is 67.9 Å². The molecular formula is C60H41N3S. The Labute approximate surface area is 377 Å². The Hall–Kier alpha value is -7.79. The largest absolute Gasteiger partial charge is 0.135 e. The van der Waals surface area contributed by atoms with E-state index in [4.69, 9.17) is 10.2 Å². The Morgan fingerprint density at radius 2 is 0.953 bits per heavy atom. The van der Waals surface area contributed by atoms with Gasteiger partial charge < -0.3 is 0 Å². The molecule has 0 aliphatic heterocycles. The molecule has 0 N–H and O–H groups in total. The highest BCUT2D eigenvalue weighted by Crippen LogP contribution is 2.53. The minimum absolute atomic E-state index is 0.787. The van der Waals surface area contributed by atoms with Crippen molar-refractivity contribution in [2.75, 3.05) is 0 Å². The molecule has 11 aromatic rings. The third kappa shape index (κ3) is 6.13. The average molecular weight is 836 g/mol. The third-order valence-electron chi connectivity index (χ3n) is 13.2. The van der Waals surface area contributed by atoms with E-state index in [9.17, 15) is 0 Å². The first-order chi connectivity index (χ1) is 31.6. The van der Waals surface area contributed by atoms with Crippen molar-refractivity contribution >= 4 is 31.5 Å². The van der Waals surface area contributed by atoms with E-state index in [-0.39, 0.29) is 0 Å². The lowest BCUT2D eigenvalue weighted by Crippen LogP contribution is -2.03. The second-order valence-corrected chi connectivity index (χ2v) is 17.8. The van der Waals surface area contributed by atoms with E-state index in [1.165, 1.54) is 70.2 Å². The van der Waals surface area contributed by atoms with Crippen LogP contribution in [0, 0.1) is 13.8 Å². The number of benzene rings is 9. The van der Waals surface area contributed by atoms with Crippen molar-refractivity contribution in [1.82, 2.24) is 15.4 Å². The van der Waals surface area contributed by atoms with Crippen molar-refractivity contribution in [2.45, 2.75) is 20.3 Å². The lowest BCUT2D eigenvalue weighted by Gasteiger charge is -2.22. The molecule has 12 rings (SSSR count). The lowest BCUT2D eigenvalue weighted by atomic mass is 9.81. The zero-order chi connectivity index (χ0) is 42.7. The van der Waals surface area contributed by atoms with Crippen molar-refractivity contribution in [3.05, 3.63) is 222 Å². The summed E-state index contributed by atoms with van der Waals surface area (Å²) in [6.07, 6.45) is 0.896. The van der Waals surface area contributed by atoms with Gasteiger partial charge in [-0.15, -0.1) is 21.5 Å². The minimum Gasteiger partial charge on any atom is -0.135 e. The summed E-state index contributed by atoms with van der Waals surface area (Å²) < 4.78 is 2.53. The third-order valence-corrected chi connectivity index (χ3v) is 14.3. The standard InChI is InChI=1S/C60H41N3S/c1-37-35-51-43-25-10-9-23-41(43)36-52(51)55(38(37)2)50-33-34-54-57(49-31-17-18-32-53(49)64-54)56(50)47-29-15-16-30-48(47)60-58(59(61-63-62-60)40-21-7-4-8-22-40)46-28-14-13-27-45(46)44-26-12-11-24-42(44)39-19-5-3-6-20-39/h3-35H,36H2,1-2H3. The number of aryl methyl sites for hydroxylation is 1. The van der Waals surface area contributed by atoms with E-state index < -0.39 is 0 Å². The second-order valence-electron chi connectivity index (χ2n) is 16.7. The second kappa shape index (κ2) is 15.5. The molecule has 1 aliphatic carbocycles. The van der Waals surface area contributed by atoms with Crippen LogP contribution in [-0.4, -0.2) is 15.4 Å². The highest BCUT2D eigenvalue weighted by atomic mass is 32.1. The number of rotatable bonds is 7. The lowest BCUT2D eigenvalue weighted by molar-refractivity contribution is 0.879. The zero-order valence-corrected chi connectivity index (χ0v) is 36.3. The van der Waals surface area contributed by atoms with Crippen LogP contribution in [0.5, 0.6) is 0 Å². The van der Waals surface area contributed by atoms with Crippen molar-refractivity contribution in [3.63, 3.8) is 0 Å². The van der Waals surface area contributed by atoms with Crippen molar-refractivity contribution in [1.29, 1.82) is 0 Å². The highest BCUT2D eigenvalue weighted by molar-refractivity contribution is 7.26. The van der Waals surface area contributed by atoms with Gasteiger partial charge in [0, 0.05) is 36.9 Å². The Morgan fingerprint density at radius 1 is 0.391 bits per heavy atom. The molecule has 0 unspecified atom stereocenters. The first-order valence-corrected chi connectivity index (χ1v) is 22.7. The monoisotopic (exact) mass is 835 g/mol. The van der Waals surface area contributed by atoms with E-state index in [2.05, 4.69) is 213 Å². The number of hydrogen-bond donors (Lipinski definition) is 0. The number of thiophene rings is 1. The number of fused-ring (bicyclic) bond motifs is 6. The molecule has 1 aliphatic rings. The molecule has 64 heavy (non-hydrogen) atoms. The van der Waals surface area contributed by atoms with Gasteiger partial charge in [0.05, 0.1) is 0 Å². The molecule has 0 atom stereocenters. The van der Waals surface area contributed by atoms with Gasteiger partial charge in [0.1, 0.15) is 11.4 Å². The van der Waals surface area contributed by atoms with Crippen molar-refractivity contribution in [3.8, 4) is 89.3 Å². The maximum atomic E-state index is 5.10. The maximum Gasteiger partial charge on any atom is 0.105 e. The number of hydrogen-bond acceptors (Lipinski definition) is 4. The fourth-order valence-corrected chi connectivity index (χ4v) is 11.3. The van der Waals surface area contributed by atoms with Crippen LogP contribution < -0.4 is 0 Å². The summed E-state index contributed by atoms with van der Waals surface area (Å²) in [6, 6.07) is 72.3. The van der Waals surface area contributed by atoms with Gasteiger partial charge >= 0.3 is 0 Å². The molecule has 0 saturated heterocycles. The van der Waals surface area contributed by atoms with Gasteiger partial charge in [-0.1, -0.05) is 188 Å². The predicted octanol–water partition coefficient (Wildman–Crippen LogP) is 16.1. The quantitative estimate of drug-likeness (QED) is 0.161. The molecule has 302 valence electrons.